The topological polar surface area (TPSA) is 53.1 Å². The molecule has 1 fully saturated rings. The third-order valence-corrected chi connectivity index (χ3v) is 4.68. The summed E-state index contributed by atoms with van der Waals surface area (Å²) in [6.45, 7) is 1.89. The minimum absolute atomic E-state index is 0.292. The van der Waals surface area contributed by atoms with Gasteiger partial charge in [0.2, 0.25) is 0 Å². The number of nitrogens with two attached hydrogens (primary N) is 1. The summed E-state index contributed by atoms with van der Waals surface area (Å²) in [7, 11) is 0. The molecule has 1 aliphatic carbocycles. The van der Waals surface area contributed by atoms with Crippen LogP contribution in [0.15, 0.2) is 29.6 Å². The van der Waals surface area contributed by atoms with Gasteiger partial charge in [-0.2, -0.15) is 0 Å². The molecule has 4 heteroatoms. The van der Waals surface area contributed by atoms with Crippen molar-refractivity contribution in [3.63, 3.8) is 0 Å². The maximum absolute atomic E-state index is 7.38. The number of nitrogens with zero attached hydrogens (tertiary/aromatic N) is 1. The Morgan fingerprint density at radius 3 is 2.89 bits per heavy atom. The molecule has 0 radical (unpaired) electrons. The Bertz CT molecular complexity index is 586. The predicted octanol–water partition coefficient (Wildman–Crippen LogP) is 3.19. The van der Waals surface area contributed by atoms with E-state index in [4.69, 9.17) is 11.1 Å². The lowest BCUT2D eigenvalue weighted by atomic mass is 10.1. The molecule has 1 aromatic carbocycles. The second kappa shape index (κ2) is 5.31. The van der Waals surface area contributed by atoms with Crippen LogP contribution in [0.5, 0.6) is 0 Å². The van der Waals surface area contributed by atoms with Gasteiger partial charge in [-0.05, 0) is 35.2 Å². The molecule has 3 rings (SSSR count). The van der Waals surface area contributed by atoms with E-state index in [0.717, 1.165) is 13.1 Å². The number of fused-ring (bicyclic) bond motifs is 1. The lowest BCUT2D eigenvalue weighted by molar-refractivity contribution is 0.263. The highest BCUT2D eigenvalue weighted by Gasteiger charge is 2.29. The number of hydrogen-bond donors (Lipinski definition) is 2. The molecule has 0 bridgehead atoms. The molecule has 0 saturated heterocycles. The van der Waals surface area contributed by atoms with Crippen molar-refractivity contribution in [2.24, 2.45) is 5.73 Å². The molecule has 3 nitrogen and oxygen atoms in total. The van der Waals surface area contributed by atoms with Crippen molar-refractivity contribution in [1.82, 2.24) is 4.90 Å². The van der Waals surface area contributed by atoms with Gasteiger partial charge < -0.3 is 5.73 Å². The van der Waals surface area contributed by atoms with Crippen LogP contribution < -0.4 is 5.73 Å². The zero-order chi connectivity index (χ0) is 13.2. The van der Waals surface area contributed by atoms with Crippen LogP contribution in [0, 0.1) is 5.41 Å². The molecule has 0 atom stereocenters. The van der Waals surface area contributed by atoms with Crippen LogP contribution in [-0.2, 0) is 6.54 Å². The summed E-state index contributed by atoms with van der Waals surface area (Å²) in [5.74, 6) is 0.292. The maximum Gasteiger partial charge on any atom is 0.0918 e. The van der Waals surface area contributed by atoms with Crippen LogP contribution in [0.3, 0.4) is 0 Å². The van der Waals surface area contributed by atoms with Gasteiger partial charge in [-0.25, -0.2) is 0 Å². The summed E-state index contributed by atoms with van der Waals surface area (Å²) in [5, 5.41) is 11.0. The molecule has 0 aliphatic heterocycles. The number of nitrogens with one attached hydrogen (secondary N) is 1. The van der Waals surface area contributed by atoms with E-state index in [1.807, 2.05) is 11.3 Å². The van der Waals surface area contributed by atoms with Crippen molar-refractivity contribution in [3.05, 3.63) is 35.2 Å². The summed E-state index contributed by atoms with van der Waals surface area (Å²) < 4.78 is 1.36. The molecule has 100 valence electrons. The second-order valence-corrected chi connectivity index (χ2v) is 6.15. The van der Waals surface area contributed by atoms with Gasteiger partial charge in [0.1, 0.15) is 0 Å². The zero-order valence-corrected chi connectivity index (χ0v) is 11.7. The molecule has 1 aromatic heterocycles. The predicted molar refractivity (Wildman–Crippen MR) is 81.8 cm³/mol. The quantitative estimate of drug-likeness (QED) is 0.627. The molecule has 2 aromatic rings. The average molecular weight is 273 g/mol. The monoisotopic (exact) mass is 273 g/mol. The van der Waals surface area contributed by atoms with E-state index in [-0.39, 0.29) is 0 Å². The smallest absolute Gasteiger partial charge is 0.0918 e. The first kappa shape index (κ1) is 12.6. The van der Waals surface area contributed by atoms with E-state index in [9.17, 15) is 0 Å². The fourth-order valence-corrected chi connectivity index (χ4v) is 3.42. The van der Waals surface area contributed by atoms with Crippen molar-refractivity contribution in [2.45, 2.75) is 31.8 Å². The fourth-order valence-electron chi connectivity index (χ4n) is 2.47. The van der Waals surface area contributed by atoms with E-state index in [2.05, 4.69) is 34.5 Å². The third kappa shape index (κ3) is 2.96. The third-order valence-electron chi connectivity index (χ3n) is 3.67. The van der Waals surface area contributed by atoms with Crippen molar-refractivity contribution in [2.75, 3.05) is 6.54 Å². The Kier molecular flexibility index (Phi) is 3.53. The number of benzene rings is 1. The van der Waals surface area contributed by atoms with E-state index in [0.29, 0.717) is 18.3 Å². The van der Waals surface area contributed by atoms with Gasteiger partial charge in [0.25, 0.3) is 0 Å². The highest BCUT2D eigenvalue weighted by atomic mass is 32.1. The van der Waals surface area contributed by atoms with Crippen LogP contribution in [-0.4, -0.2) is 23.3 Å². The van der Waals surface area contributed by atoms with Crippen molar-refractivity contribution in [3.8, 4) is 0 Å². The minimum Gasteiger partial charge on any atom is -0.388 e. The molecular weight excluding hydrogens is 254 g/mol. The molecule has 0 unspecified atom stereocenters. The standard InChI is InChI=1S/C15H19N3S/c16-15(17)7-8-18(12-5-6-12)9-11-10-19-14-4-2-1-3-13(11)14/h1-4,10,12H,5-9H2,(H3,16,17). The zero-order valence-electron chi connectivity index (χ0n) is 10.9. The van der Waals surface area contributed by atoms with Crippen molar-refractivity contribution >= 4 is 27.3 Å². The molecular formula is C15H19N3S. The van der Waals surface area contributed by atoms with E-state index in [1.54, 1.807) is 0 Å². The van der Waals surface area contributed by atoms with Crippen LogP contribution >= 0.6 is 11.3 Å². The van der Waals surface area contributed by atoms with Gasteiger partial charge in [-0.1, -0.05) is 18.2 Å². The van der Waals surface area contributed by atoms with Gasteiger partial charge in [0, 0.05) is 30.3 Å². The SMILES string of the molecule is N=C(N)CCN(Cc1csc2ccccc12)C1CC1. The lowest BCUT2D eigenvalue weighted by Gasteiger charge is -2.21. The molecule has 1 aliphatic rings. The van der Waals surface area contributed by atoms with Crippen molar-refractivity contribution in [1.29, 1.82) is 5.41 Å². The van der Waals surface area contributed by atoms with Gasteiger partial charge in [0.05, 0.1) is 5.84 Å². The second-order valence-electron chi connectivity index (χ2n) is 5.23. The Labute approximate surface area is 117 Å². The normalized spacial score (nSPS) is 15.2. The molecule has 1 saturated carbocycles. The summed E-state index contributed by atoms with van der Waals surface area (Å²) >= 11 is 1.82. The fraction of sp³-hybridized carbons (Fsp3) is 0.400. The first-order valence-electron chi connectivity index (χ1n) is 6.76. The van der Waals surface area contributed by atoms with Crippen LogP contribution in [0.25, 0.3) is 10.1 Å². The van der Waals surface area contributed by atoms with Crippen molar-refractivity contribution < 1.29 is 0 Å². The van der Waals surface area contributed by atoms with Crippen LogP contribution in [0.2, 0.25) is 0 Å². The Morgan fingerprint density at radius 2 is 2.16 bits per heavy atom. The van der Waals surface area contributed by atoms with Gasteiger partial charge >= 0.3 is 0 Å². The first-order valence-corrected chi connectivity index (χ1v) is 7.64. The summed E-state index contributed by atoms with van der Waals surface area (Å²) in [6, 6.07) is 9.29. The number of hydrogen-bond acceptors (Lipinski definition) is 3. The van der Waals surface area contributed by atoms with E-state index in [1.165, 1.54) is 28.5 Å². The number of thiophene rings is 1. The Hall–Kier alpha value is -1.39. The molecule has 0 amide bonds. The van der Waals surface area contributed by atoms with E-state index < -0.39 is 0 Å². The van der Waals surface area contributed by atoms with Gasteiger partial charge in [-0.3, -0.25) is 10.3 Å². The number of amidine groups is 1. The van der Waals surface area contributed by atoms with Crippen LogP contribution in [0.1, 0.15) is 24.8 Å². The minimum atomic E-state index is 0.292. The van der Waals surface area contributed by atoms with Crippen LogP contribution in [0.4, 0.5) is 0 Å². The lowest BCUT2D eigenvalue weighted by Crippen LogP contribution is -2.29. The molecule has 3 N–H and O–H groups in total. The molecule has 0 spiro atoms. The highest BCUT2D eigenvalue weighted by molar-refractivity contribution is 7.17. The van der Waals surface area contributed by atoms with Gasteiger partial charge in [0.15, 0.2) is 0 Å². The largest absolute Gasteiger partial charge is 0.388 e. The Balaban J connectivity index is 1.75. The summed E-state index contributed by atoms with van der Waals surface area (Å²) in [6.07, 6.45) is 3.26. The highest BCUT2D eigenvalue weighted by Crippen LogP contribution is 2.32. The molecule has 19 heavy (non-hydrogen) atoms. The summed E-state index contributed by atoms with van der Waals surface area (Å²) in [5.41, 5.74) is 6.90. The molecule has 1 heterocycles. The number of rotatable bonds is 6. The first-order chi connectivity index (χ1) is 9.24. The average Bonchev–Trinajstić information content (AvgIpc) is 3.17. The van der Waals surface area contributed by atoms with Gasteiger partial charge in [-0.15, -0.1) is 11.3 Å². The Morgan fingerprint density at radius 1 is 1.37 bits per heavy atom. The maximum atomic E-state index is 7.38. The van der Waals surface area contributed by atoms with E-state index >= 15 is 0 Å². The summed E-state index contributed by atoms with van der Waals surface area (Å²) in [4.78, 5) is 2.48.